The molecule has 0 aliphatic heterocycles. The Morgan fingerprint density at radius 2 is 1.47 bits per heavy atom. The lowest BCUT2D eigenvalue weighted by Crippen LogP contribution is -2.32. The molecule has 2 amide bonds. The van der Waals surface area contributed by atoms with Gasteiger partial charge in [0.15, 0.2) is 11.5 Å². The van der Waals surface area contributed by atoms with Crippen LogP contribution in [0.25, 0.3) is 0 Å². The summed E-state index contributed by atoms with van der Waals surface area (Å²) in [5.41, 5.74) is 3.50. The first-order chi connectivity index (χ1) is 17.3. The number of hydrogen-bond donors (Lipinski definition) is 2. The van der Waals surface area contributed by atoms with E-state index in [1.54, 1.807) is 31.4 Å². The summed E-state index contributed by atoms with van der Waals surface area (Å²) in [6.45, 7) is 7.63. The standard InChI is InChI=1S/C29H35N3O4/c1-21(2)20-36-28-16-24(10-15-27(28)35-4)18-32(17-23-8-6-5-7-9-23)19-29(34)31-26-13-11-25(12-14-26)30-22(3)33/h5-16,21H,17-20H2,1-4H3,(H,30,33)(H,31,34). The summed E-state index contributed by atoms with van der Waals surface area (Å²) in [7, 11) is 1.63. The van der Waals surface area contributed by atoms with Gasteiger partial charge in [-0.25, -0.2) is 0 Å². The van der Waals surface area contributed by atoms with Crippen molar-refractivity contribution in [1.82, 2.24) is 4.90 Å². The molecule has 0 aliphatic rings. The van der Waals surface area contributed by atoms with Crippen molar-refractivity contribution < 1.29 is 19.1 Å². The molecule has 0 unspecified atom stereocenters. The number of anilines is 2. The van der Waals surface area contributed by atoms with E-state index in [2.05, 4.69) is 41.5 Å². The Hall–Kier alpha value is -3.84. The Labute approximate surface area is 213 Å². The predicted octanol–water partition coefficient (Wildman–Crippen LogP) is 5.33. The number of ether oxygens (including phenoxy) is 2. The molecular formula is C29H35N3O4. The summed E-state index contributed by atoms with van der Waals surface area (Å²) < 4.78 is 11.4. The predicted molar refractivity (Wildman–Crippen MR) is 143 cm³/mol. The first-order valence-corrected chi connectivity index (χ1v) is 12.1. The number of amides is 2. The molecule has 0 heterocycles. The number of methoxy groups -OCH3 is 1. The van der Waals surface area contributed by atoms with Crippen LogP contribution in [-0.4, -0.2) is 37.0 Å². The zero-order chi connectivity index (χ0) is 25.9. The molecule has 190 valence electrons. The molecule has 2 N–H and O–H groups in total. The molecule has 0 spiro atoms. The van der Waals surface area contributed by atoms with E-state index in [0.29, 0.717) is 48.5 Å². The second-order valence-electron chi connectivity index (χ2n) is 9.13. The smallest absolute Gasteiger partial charge is 0.238 e. The molecule has 7 heteroatoms. The minimum Gasteiger partial charge on any atom is -0.493 e. The summed E-state index contributed by atoms with van der Waals surface area (Å²) in [4.78, 5) is 26.3. The third-order valence-corrected chi connectivity index (χ3v) is 5.31. The maximum absolute atomic E-state index is 12.9. The molecule has 0 bridgehead atoms. The zero-order valence-corrected chi connectivity index (χ0v) is 21.4. The van der Waals surface area contributed by atoms with Crippen LogP contribution in [-0.2, 0) is 22.7 Å². The van der Waals surface area contributed by atoms with Gasteiger partial charge in [0.2, 0.25) is 11.8 Å². The zero-order valence-electron chi connectivity index (χ0n) is 21.4. The van der Waals surface area contributed by atoms with Crippen LogP contribution in [0.3, 0.4) is 0 Å². The molecule has 0 fully saturated rings. The third kappa shape index (κ3) is 8.74. The van der Waals surface area contributed by atoms with Crippen LogP contribution in [0.4, 0.5) is 11.4 Å². The molecule has 3 rings (SSSR count). The maximum Gasteiger partial charge on any atom is 0.238 e. The van der Waals surface area contributed by atoms with E-state index < -0.39 is 0 Å². The van der Waals surface area contributed by atoms with Crippen molar-refractivity contribution >= 4 is 23.2 Å². The molecule has 0 saturated heterocycles. The second-order valence-corrected chi connectivity index (χ2v) is 9.13. The minimum atomic E-state index is -0.139. The van der Waals surface area contributed by atoms with Crippen LogP contribution in [0, 0.1) is 5.92 Å². The first kappa shape index (κ1) is 26.8. The summed E-state index contributed by atoms with van der Waals surface area (Å²) in [5, 5.41) is 5.67. The summed E-state index contributed by atoms with van der Waals surface area (Å²) >= 11 is 0. The van der Waals surface area contributed by atoms with Crippen molar-refractivity contribution in [1.29, 1.82) is 0 Å². The van der Waals surface area contributed by atoms with Crippen molar-refractivity contribution in [3.63, 3.8) is 0 Å². The Bertz CT molecular complexity index is 1130. The van der Waals surface area contributed by atoms with Gasteiger partial charge in [-0.15, -0.1) is 0 Å². The number of benzene rings is 3. The molecule has 3 aromatic carbocycles. The lowest BCUT2D eigenvalue weighted by molar-refractivity contribution is -0.117. The average Bonchev–Trinajstić information content (AvgIpc) is 2.84. The van der Waals surface area contributed by atoms with Gasteiger partial charge in [-0.1, -0.05) is 50.2 Å². The van der Waals surface area contributed by atoms with E-state index in [1.165, 1.54) is 6.92 Å². The number of carbonyl (C=O) groups excluding carboxylic acids is 2. The van der Waals surface area contributed by atoms with Gasteiger partial charge in [0.25, 0.3) is 0 Å². The van der Waals surface area contributed by atoms with Gasteiger partial charge >= 0.3 is 0 Å². The van der Waals surface area contributed by atoms with Gasteiger partial charge in [0.05, 0.1) is 20.3 Å². The van der Waals surface area contributed by atoms with E-state index in [-0.39, 0.29) is 18.4 Å². The van der Waals surface area contributed by atoms with Gasteiger partial charge in [0.1, 0.15) is 0 Å². The summed E-state index contributed by atoms with van der Waals surface area (Å²) in [6, 6.07) is 23.0. The third-order valence-electron chi connectivity index (χ3n) is 5.31. The van der Waals surface area contributed by atoms with Crippen LogP contribution in [0.15, 0.2) is 72.8 Å². The van der Waals surface area contributed by atoms with Crippen LogP contribution in [0.5, 0.6) is 11.5 Å². The van der Waals surface area contributed by atoms with Crippen LogP contribution in [0.1, 0.15) is 31.9 Å². The Morgan fingerprint density at radius 1 is 0.833 bits per heavy atom. The first-order valence-electron chi connectivity index (χ1n) is 12.1. The van der Waals surface area contributed by atoms with Crippen molar-refractivity contribution in [3.8, 4) is 11.5 Å². The van der Waals surface area contributed by atoms with Crippen LogP contribution < -0.4 is 20.1 Å². The Balaban J connectivity index is 1.72. The molecule has 0 radical (unpaired) electrons. The Morgan fingerprint density at radius 3 is 2.08 bits per heavy atom. The van der Waals surface area contributed by atoms with E-state index in [9.17, 15) is 9.59 Å². The largest absolute Gasteiger partial charge is 0.493 e. The second kappa shape index (κ2) is 13.3. The van der Waals surface area contributed by atoms with Gasteiger partial charge in [0, 0.05) is 31.4 Å². The lowest BCUT2D eigenvalue weighted by Gasteiger charge is -2.23. The molecular weight excluding hydrogens is 454 g/mol. The fourth-order valence-corrected chi connectivity index (χ4v) is 3.70. The molecule has 0 atom stereocenters. The molecule has 36 heavy (non-hydrogen) atoms. The SMILES string of the molecule is COc1ccc(CN(CC(=O)Nc2ccc(NC(C)=O)cc2)Cc2ccccc2)cc1OCC(C)C. The summed E-state index contributed by atoms with van der Waals surface area (Å²) in [6.07, 6.45) is 0. The van der Waals surface area contributed by atoms with Crippen LogP contribution in [0.2, 0.25) is 0 Å². The van der Waals surface area contributed by atoms with E-state index in [0.717, 1.165) is 11.1 Å². The molecule has 0 aliphatic carbocycles. The van der Waals surface area contributed by atoms with Gasteiger partial charge < -0.3 is 20.1 Å². The van der Waals surface area contributed by atoms with E-state index >= 15 is 0 Å². The van der Waals surface area contributed by atoms with Gasteiger partial charge in [-0.05, 0) is 53.4 Å². The van der Waals surface area contributed by atoms with Crippen molar-refractivity contribution in [2.45, 2.75) is 33.9 Å². The van der Waals surface area contributed by atoms with Crippen molar-refractivity contribution in [3.05, 3.63) is 83.9 Å². The van der Waals surface area contributed by atoms with Gasteiger partial charge in [-0.3, -0.25) is 14.5 Å². The normalized spacial score (nSPS) is 10.8. The summed E-state index contributed by atoms with van der Waals surface area (Å²) in [5.74, 6) is 1.52. The molecule has 3 aromatic rings. The van der Waals surface area contributed by atoms with Gasteiger partial charge in [-0.2, -0.15) is 0 Å². The van der Waals surface area contributed by atoms with E-state index in [1.807, 2.05) is 36.4 Å². The van der Waals surface area contributed by atoms with Crippen LogP contribution >= 0.6 is 0 Å². The average molecular weight is 490 g/mol. The topological polar surface area (TPSA) is 79.9 Å². The number of carbonyl (C=O) groups is 2. The monoisotopic (exact) mass is 489 g/mol. The van der Waals surface area contributed by atoms with Crippen molar-refractivity contribution in [2.24, 2.45) is 5.92 Å². The quantitative estimate of drug-likeness (QED) is 0.360. The fraction of sp³-hybridized carbons (Fsp3) is 0.310. The number of rotatable bonds is 12. The highest BCUT2D eigenvalue weighted by molar-refractivity contribution is 5.93. The number of hydrogen-bond acceptors (Lipinski definition) is 5. The minimum absolute atomic E-state index is 0.122. The molecule has 7 nitrogen and oxygen atoms in total. The Kier molecular flexibility index (Phi) is 9.89. The number of nitrogens with zero attached hydrogens (tertiary/aromatic N) is 1. The highest BCUT2D eigenvalue weighted by Crippen LogP contribution is 2.29. The number of nitrogens with one attached hydrogen (secondary N) is 2. The fourth-order valence-electron chi connectivity index (χ4n) is 3.70. The highest BCUT2D eigenvalue weighted by Gasteiger charge is 2.15. The van der Waals surface area contributed by atoms with Crippen molar-refractivity contribution in [2.75, 3.05) is 30.9 Å². The molecule has 0 saturated carbocycles. The van der Waals surface area contributed by atoms with E-state index in [4.69, 9.17) is 9.47 Å². The molecule has 0 aromatic heterocycles. The lowest BCUT2D eigenvalue weighted by atomic mass is 10.1. The highest BCUT2D eigenvalue weighted by atomic mass is 16.5. The maximum atomic E-state index is 12.9.